The molecule has 0 saturated heterocycles. The Kier molecular flexibility index (Phi) is 4.33. The summed E-state index contributed by atoms with van der Waals surface area (Å²) in [5.41, 5.74) is 0. The molecule has 15 heavy (non-hydrogen) atoms. The zero-order valence-corrected chi connectivity index (χ0v) is 10.0. The van der Waals surface area contributed by atoms with Crippen molar-refractivity contribution in [3.8, 4) is 0 Å². The first-order valence-corrected chi connectivity index (χ1v) is 5.86. The Morgan fingerprint density at radius 3 is 1.13 bits per heavy atom. The van der Waals surface area contributed by atoms with Crippen LogP contribution in [0.4, 0.5) is 25.2 Å². The van der Waals surface area contributed by atoms with E-state index in [2.05, 4.69) is 28.1 Å². The molecule has 0 aliphatic rings. The second-order valence-corrected chi connectivity index (χ2v) is 5.83. The third-order valence-corrected chi connectivity index (χ3v) is 1.43. The summed E-state index contributed by atoms with van der Waals surface area (Å²) < 4.78 is 65.1. The van der Waals surface area contributed by atoms with E-state index in [9.17, 15) is 25.2 Å². The summed E-state index contributed by atoms with van der Waals surface area (Å²) >= 11 is 0. The van der Waals surface area contributed by atoms with E-state index in [1.807, 2.05) is 0 Å². The molecule has 0 heterocycles. The van der Waals surface area contributed by atoms with Crippen LogP contribution in [0.2, 0.25) is 0 Å². The van der Waals surface area contributed by atoms with Gasteiger partial charge in [-0.1, -0.05) is 0 Å². The fourth-order valence-corrected chi connectivity index (χ4v) is 0.316. The molecule has 0 aromatic heterocycles. The van der Waals surface area contributed by atoms with E-state index in [0.717, 1.165) is 4.48 Å². The normalized spacial score (nSPS) is 19.4. The summed E-state index contributed by atoms with van der Waals surface area (Å²) in [7, 11) is -2.61. The molecular formula is C6H16F6NOP. The fraction of sp³-hybridized carbons (Fsp3) is 1.00. The molecule has 2 nitrogen and oxygen atoms in total. The second-order valence-electron chi connectivity index (χ2n) is 3.91. The Morgan fingerprint density at radius 1 is 0.933 bits per heavy atom. The Balaban J connectivity index is 0. The maximum atomic E-state index is 9.87. The number of quaternary nitrogens is 1. The van der Waals surface area contributed by atoms with Gasteiger partial charge in [0.25, 0.3) is 0 Å². The van der Waals surface area contributed by atoms with Crippen LogP contribution in [0.5, 0.6) is 0 Å². The van der Waals surface area contributed by atoms with Gasteiger partial charge in [0.1, 0.15) is 0 Å². The van der Waals surface area contributed by atoms with Gasteiger partial charge in [-0.2, -0.15) is 0 Å². The quantitative estimate of drug-likeness (QED) is 0.316. The standard InChI is InChI=1S/C6H16NO.F6P/c1-6(8-5)7(2,3)4;1-7(2,3,4,5)6/h6H,1-5H3;/q+1;-1. The van der Waals surface area contributed by atoms with Gasteiger partial charge in [0, 0.05) is 14.0 Å². The third kappa shape index (κ3) is 31.5. The van der Waals surface area contributed by atoms with Crippen molar-refractivity contribution >= 4 is 7.81 Å². The molecular weight excluding hydrogens is 247 g/mol. The SMILES string of the molecule is COC(C)[N+](C)(C)C.F[P-](F)(F)(F)(F)F. The van der Waals surface area contributed by atoms with E-state index < -0.39 is 7.81 Å². The molecule has 0 amide bonds. The first kappa shape index (κ1) is 17.3. The van der Waals surface area contributed by atoms with Crippen molar-refractivity contribution in [2.75, 3.05) is 28.3 Å². The molecule has 0 radical (unpaired) electrons. The zero-order chi connectivity index (χ0) is 13.2. The van der Waals surface area contributed by atoms with E-state index in [1.165, 1.54) is 0 Å². The number of hydrogen-bond acceptors (Lipinski definition) is 1. The molecule has 1 unspecified atom stereocenters. The molecule has 0 aliphatic carbocycles. The van der Waals surface area contributed by atoms with E-state index in [0.29, 0.717) is 0 Å². The molecule has 0 saturated carbocycles. The minimum absolute atomic E-state index is 0.287. The van der Waals surface area contributed by atoms with Gasteiger partial charge < -0.3 is 9.22 Å². The zero-order valence-electron chi connectivity index (χ0n) is 9.15. The number of hydrogen-bond donors (Lipinski definition) is 0. The van der Waals surface area contributed by atoms with Gasteiger partial charge in [-0.25, -0.2) is 0 Å². The summed E-state index contributed by atoms with van der Waals surface area (Å²) in [6.45, 7) is 2.06. The number of rotatable bonds is 2. The van der Waals surface area contributed by atoms with Crippen molar-refractivity contribution in [1.29, 1.82) is 0 Å². The summed E-state index contributed by atoms with van der Waals surface area (Å²) in [5, 5.41) is 0. The second kappa shape index (κ2) is 3.75. The molecule has 98 valence electrons. The Bertz CT molecular complexity index is 192. The van der Waals surface area contributed by atoms with Gasteiger partial charge in [-0.05, 0) is 0 Å². The maximum absolute atomic E-state index is 10.7. The molecule has 0 N–H and O–H groups in total. The van der Waals surface area contributed by atoms with Gasteiger partial charge in [0.15, 0.2) is 6.23 Å². The van der Waals surface area contributed by atoms with E-state index in [-0.39, 0.29) is 6.23 Å². The minimum atomic E-state index is -10.7. The van der Waals surface area contributed by atoms with Crippen LogP contribution < -0.4 is 0 Å². The van der Waals surface area contributed by atoms with Crippen LogP contribution in [0.25, 0.3) is 0 Å². The van der Waals surface area contributed by atoms with Crippen LogP contribution >= 0.6 is 7.81 Å². The number of ether oxygens (including phenoxy) is 1. The van der Waals surface area contributed by atoms with Crippen LogP contribution in [0, 0.1) is 0 Å². The summed E-state index contributed by atoms with van der Waals surface area (Å²) in [6, 6.07) is 0. The average Bonchev–Trinajstić information content (AvgIpc) is 1.76. The predicted octanol–water partition coefficient (Wildman–Crippen LogP) is 4.07. The van der Waals surface area contributed by atoms with Crippen LogP contribution in [-0.4, -0.2) is 39.0 Å². The molecule has 0 fully saturated rings. The van der Waals surface area contributed by atoms with Gasteiger partial charge in [-0.3, -0.25) is 0 Å². The van der Waals surface area contributed by atoms with Crippen molar-refractivity contribution in [3.05, 3.63) is 0 Å². The van der Waals surface area contributed by atoms with Gasteiger partial charge in [-0.15, -0.1) is 0 Å². The van der Waals surface area contributed by atoms with Crippen molar-refractivity contribution in [2.24, 2.45) is 0 Å². The first-order valence-electron chi connectivity index (χ1n) is 3.84. The van der Waals surface area contributed by atoms with E-state index in [4.69, 9.17) is 4.74 Å². The van der Waals surface area contributed by atoms with Gasteiger partial charge in [0.2, 0.25) is 0 Å². The topological polar surface area (TPSA) is 9.23 Å². The van der Waals surface area contributed by atoms with Crippen LogP contribution in [0.15, 0.2) is 0 Å². The first-order chi connectivity index (χ1) is 5.93. The van der Waals surface area contributed by atoms with Crippen LogP contribution in [0.3, 0.4) is 0 Å². The molecule has 0 aliphatic heterocycles. The Morgan fingerprint density at radius 2 is 1.13 bits per heavy atom. The predicted molar refractivity (Wildman–Crippen MR) is 48.1 cm³/mol. The monoisotopic (exact) mass is 263 g/mol. The molecule has 0 aromatic rings. The molecule has 0 spiro atoms. The van der Waals surface area contributed by atoms with Crippen molar-refractivity contribution in [3.63, 3.8) is 0 Å². The Hall–Kier alpha value is -0.0700. The molecule has 0 aromatic carbocycles. The summed E-state index contributed by atoms with van der Waals surface area (Å²) in [5.74, 6) is 0. The van der Waals surface area contributed by atoms with Crippen molar-refractivity contribution in [1.82, 2.24) is 0 Å². The summed E-state index contributed by atoms with van der Waals surface area (Å²) in [6.07, 6.45) is 0.287. The van der Waals surface area contributed by atoms with E-state index >= 15 is 0 Å². The van der Waals surface area contributed by atoms with Crippen LogP contribution in [-0.2, 0) is 4.74 Å². The molecule has 0 bridgehead atoms. The molecule has 0 rings (SSSR count). The van der Waals surface area contributed by atoms with E-state index in [1.54, 1.807) is 7.11 Å². The Labute approximate surface area is 84.6 Å². The van der Waals surface area contributed by atoms with Crippen LogP contribution in [0.1, 0.15) is 6.92 Å². The fourth-order valence-electron chi connectivity index (χ4n) is 0.316. The van der Waals surface area contributed by atoms with Crippen molar-refractivity contribution in [2.45, 2.75) is 13.2 Å². The number of methoxy groups -OCH3 is 1. The van der Waals surface area contributed by atoms with Crippen molar-refractivity contribution < 1.29 is 34.4 Å². The average molecular weight is 263 g/mol. The number of nitrogens with zero attached hydrogens (tertiary/aromatic N) is 1. The van der Waals surface area contributed by atoms with Gasteiger partial charge >= 0.3 is 33.0 Å². The molecule has 1 atom stereocenters. The molecule has 9 heteroatoms. The summed E-state index contributed by atoms with van der Waals surface area (Å²) in [4.78, 5) is 0. The van der Waals surface area contributed by atoms with Gasteiger partial charge in [0.05, 0.1) is 21.1 Å². The third-order valence-electron chi connectivity index (χ3n) is 1.43. The number of halogens is 6.